The molecule has 0 unspecified atom stereocenters. The second-order valence-electron chi connectivity index (χ2n) is 3.83. The van der Waals surface area contributed by atoms with Crippen LogP contribution < -0.4 is 5.32 Å². The molecule has 3 heterocycles. The van der Waals surface area contributed by atoms with Crippen LogP contribution in [0.2, 0.25) is 0 Å². The van der Waals surface area contributed by atoms with Crippen LogP contribution in [0.3, 0.4) is 0 Å². The lowest BCUT2D eigenvalue weighted by atomic mass is 10.3. The molecule has 3 rings (SSSR count). The lowest BCUT2D eigenvalue weighted by Crippen LogP contribution is -2.22. The zero-order valence-corrected chi connectivity index (χ0v) is 10.6. The molecule has 3 aromatic heterocycles. The molecule has 3 aromatic rings. The summed E-state index contributed by atoms with van der Waals surface area (Å²) in [6.45, 7) is 0.328. The normalized spacial score (nSPS) is 10.5. The molecule has 7 heteroatoms. The number of nitrogens with one attached hydrogen (secondary N) is 1. The molecule has 19 heavy (non-hydrogen) atoms. The summed E-state index contributed by atoms with van der Waals surface area (Å²) in [7, 11) is 0. The summed E-state index contributed by atoms with van der Waals surface area (Å²) in [4.78, 5) is 11.7. The van der Waals surface area contributed by atoms with E-state index in [0.717, 1.165) is 5.69 Å². The third kappa shape index (κ3) is 2.55. The van der Waals surface area contributed by atoms with Gasteiger partial charge in [-0.15, -0.1) is 5.10 Å². The molecule has 0 spiro atoms. The van der Waals surface area contributed by atoms with Crippen LogP contribution in [-0.2, 0) is 6.54 Å². The van der Waals surface area contributed by atoms with Crippen molar-refractivity contribution in [1.82, 2.24) is 20.3 Å². The highest BCUT2D eigenvalue weighted by molar-refractivity contribution is 7.08. The molecular weight excluding hydrogens is 264 g/mol. The Bertz CT molecular complexity index is 658. The minimum Gasteiger partial charge on any atom is -0.472 e. The highest BCUT2D eigenvalue weighted by atomic mass is 32.1. The number of nitrogens with zero attached hydrogens (tertiary/aromatic N) is 3. The molecular formula is C12H10N4O2S. The minimum absolute atomic E-state index is 0.196. The first-order chi connectivity index (χ1) is 9.33. The standard InChI is InChI=1S/C12H10N4O2S/c17-12(9-1-3-18-7-9)13-5-10-6-16(15-14-10)11-2-4-19-8-11/h1-4,6-8H,5H2,(H,13,17). The zero-order valence-electron chi connectivity index (χ0n) is 9.81. The number of carbonyl (C=O) groups excluding carboxylic acids is 1. The molecule has 0 fully saturated rings. The molecule has 96 valence electrons. The summed E-state index contributed by atoms with van der Waals surface area (Å²) in [5.74, 6) is -0.196. The Balaban J connectivity index is 1.63. The Morgan fingerprint density at radius 2 is 2.42 bits per heavy atom. The lowest BCUT2D eigenvalue weighted by molar-refractivity contribution is 0.0950. The fourth-order valence-corrected chi connectivity index (χ4v) is 2.18. The van der Waals surface area contributed by atoms with E-state index in [2.05, 4.69) is 15.6 Å². The zero-order chi connectivity index (χ0) is 13.1. The average Bonchev–Trinajstić information content (AvgIpc) is 3.14. The largest absolute Gasteiger partial charge is 0.472 e. The SMILES string of the molecule is O=C(NCc1cn(-c2ccsc2)nn1)c1ccoc1. The minimum atomic E-state index is -0.196. The molecule has 0 atom stereocenters. The molecule has 0 aliphatic heterocycles. The predicted molar refractivity (Wildman–Crippen MR) is 69.1 cm³/mol. The maximum atomic E-state index is 11.7. The first-order valence-corrected chi connectivity index (χ1v) is 6.51. The molecule has 0 radical (unpaired) electrons. The van der Waals surface area contributed by atoms with Gasteiger partial charge in [0, 0.05) is 5.38 Å². The molecule has 0 aromatic carbocycles. The molecule has 0 aliphatic rings. The van der Waals surface area contributed by atoms with E-state index in [1.807, 2.05) is 16.8 Å². The molecule has 0 aliphatic carbocycles. The Morgan fingerprint density at radius 3 is 3.16 bits per heavy atom. The van der Waals surface area contributed by atoms with E-state index in [9.17, 15) is 4.79 Å². The number of carbonyl (C=O) groups is 1. The topological polar surface area (TPSA) is 73.0 Å². The number of hydrogen-bond acceptors (Lipinski definition) is 5. The fraction of sp³-hybridized carbons (Fsp3) is 0.0833. The fourth-order valence-electron chi connectivity index (χ4n) is 1.56. The summed E-state index contributed by atoms with van der Waals surface area (Å²) in [5.41, 5.74) is 2.15. The van der Waals surface area contributed by atoms with Gasteiger partial charge < -0.3 is 9.73 Å². The first-order valence-electron chi connectivity index (χ1n) is 5.57. The molecule has 1 amide bonds. The Morgan fingerprint density at radius 1 is 1.47 bits per heavy atom. The van der Waals surface area contributed by atoms with Gasteiger partial charge in [-0.25, -0.2) is 4.68 Å². The van der Waals surface area contributed by atoms with Crippen molar-refractivity contribution in [2.24, 2.45) is 0 Å². The Hall–Kier alpha value is -2.41. The van der Waals surface area contributed by atoms with Gasteiger partial charge in [0.05, 0.1) is 30.3 Å². The number of amides is 1. The van der Waals surface area contributed by atoms with Gasteiger partial charge in [-0.05, 0) is 17.5 Å². The van der Waals surface area contributed by atoms with E-state index in [0.29, 0.717) is 17.8 Å². The maximum absolute atomic E-state index is 11.7. The third-order valence-corrected chi connectivity index (χ3v) is 3.20. The number of rotatable bonds is 4. The van der Waals surface area contributed by atoms with Crippen molar-refractivity contribution in [3.8, 4) is 5.69 Å². The van der Waals surface area contributed by atoms with Gasteiger partial charge in [0.2, 0.25) is 0 Å². The summed E-state index contributed by atoms with van der Waals surface area (Å²) >= 11 is 1.59. The van der Waals surface area contributed by atoms with Crippen LogP contribution in [0.4, 0.5) is 0 Å². The van der Waals surface area contributed by atoms with Crippen LogP contribution in [0.25, 0.3) is 5.69 Å². The van der Waals surface area contributed by atoms with Crippen molar-refractivity contribution in [3.05, 3.63) is 52.9 Å². The number of furan rings is 1. The monoisotopic (exact) mass is 274 g/mol. The van der Waals surface area contributed by atoms with Crippen LogP contribution in [-0.4, -0.2) is 20.9 Å². The molecule has 1 N–H and O–H groups in total. The van der Waals surface area contributed by atoms with Crippen molar-refractivity contribution in [1.29, 1.82) is 0 Å². The van der Waals surface area contributed by atoms with E-state index in [-0.39, 0.29) is 5.91 Å². The van der Waals surface area contributed by atoms with Gasteiger partial charge in [0.1, 0.15) is 12.0 Å². The number of hydrogen-bond donors (Lipinski definition) is 1. The second kappa shape index (κ2) is 5.07. The van der Waals surface area contributed by atoms with Crippen molar-refractivity contribution < 1.29 is 9.21 Å². The van der Waals surface area contributed by atoms with Gasteiger partial charge in [-0.1, -0.05) is 5.21 Å². The van der Waals surface area contributed by atoms with Crippen LogP contribution in [0.1, 0.15) is 16.1 Å². The smallest absolute Gasteiger partial charge is 0.254 e. The molecule has 6 nitrogen and oxygen atoms in total. The molecule has 0 saturated heterocycles. The average molecular weight is 274 g/mol. The van der Waals surface area contributed by atoms with Crippen molar-refractivity contribution in [2.75, 3.05) is 0 Å². The third-order valence-electron chi connectivity index (χ3n) is 2.52. The summed E-state index contributed by atoms with van der Waals surface area (Å²) in [5, 5.41) is 14.7. The van der Waals surface area contributed by atoms with Crippen LogP contribution in [0.15, 0.2) is 46.0 Å². The van der Waals surface area contributed by atoms with Crippen molar-refractivity contribution in [2.45, 2.75) is 6.54 Å². The predicted octanol–water partition coefficient (Wildman–Crippen LogP) is 1.85. The van der Waals surface area contributed by atoms with Crippen molar-refractivity contribution in [3.63, 3.8) is 0 Å². The highest BCUT2D eigenvalue weighted by Gasteiger charge is 2.08. The first kappa shape index (κ1) is 11.7. The van der Waals surface area contributed by atoms with Gasteiger partial charge in [-0.3, -0.25) is 4.79 Å². The number of aromatic nitrogens is 3. The van der Waals surface area contributed by atoms with Gasteiger partial charge >= 0.3 is 0 Å². The molecule has 0 bridgehead atoms. The Kier molecular flexibility index (Phi) is 3.11. The van der Waals surface area contributed by atoms with E-state index in [1.165, 1.54) is 12.5 Å². The van der Waals surface area contributed by atoms with Gasteiger partial charge in [-0.2, -0.15) is 11.3 Å². The van der Waals surface area contributed by atoms with Gasteiger partial charge in [0.25, 0.3) is 5.91 Å². The lowest BCUT2D eigenvalue weighted by Gasteiger charge is -1.99. The van der Waals surface area contributed by atoms with E-state index in [1.54, 1.807) is 28.3 Å². The van der Waals surface area contributed by atoms with E-state index in [4.69, 9.17) is 4.42 Å². The van der Waals surface area contributed by atoms with Crippen LogP contribution in [0, 0.1) is 0 Å². The summed E-state index contributed by atoms with van der Waals surface area (Å²) in [6, 6.07) is 3.56. The quantitative estimate of drug-likeness (QED) is 0.788. The summed E-state index contributed by atoms with van der Waals surface area (Å²) in [6.07, 6.45) is 4.65. The summed E-state index contributed by atoms with van der Waals surface area (Å²) < 4.78 is 6.53. The van der Waals surface area contributed by atoms with Crippen LogP contribution >= 0.6 is 11.3 Å². The highest BCUT2D eigenvalue weighted by Crippen LogP contribution is 2.10. The van der Waals surface area contributed by atoms with Crippen molar-refractivity contribution >= 4 is 17.2 Å². The Labute approximate surface area is 112 Å². The molecule has 0 saturated carbocycles. The van der Waals surface area contributed by atoms with E-state index < -0.39 is 0 Å². The van der Waals surface area contributed by atoms with Crippen LogP contribution in [0.5, 0.6) is 0 Å². The maximum Gasteiger partial charge on any atom is 0.254 e. The van der Waals surface area contributed by atoms with E-state index >= 15 is 0 Å². The number of thiophene rings is 1. The van der Waals surface area contributed by atoms with Gasteiger partial charge in [0.15, 0.2) is 0 Å². The second-order valence-corrected chi connectivity index (χ2v) is 4.61.